The Hall–Kier alpha value is -5.75. The number of hydrogen-bond acceptors (Lipinski definition) is 11. The van der Waals surface area contributed by atoms with Gasteiger partial charge in [0, 0.05) is 36.7 Å². The molecule has 2 bridgehead atoms. The Morgan fingerprint density at radius 1 is 1.02 bits per heavy atom. The van der Waals surface area contributed by atoms with E-state index in [1.807, 2.05) is 67.6 Å². The van der Waals surface area contributed by atoms with E-state index in [1.165, 1.54) is 19.3 Å². The van der Waals surface area contributed by atoms with E-state index in [2.05, 4.69) is 6.58 Å². The van der Waals surface area contributed by atoms with Crippen LogP contribution in [0.15, 0.2) is 133 Å². The molecule has 1 saturated carbocycles. The van der Waals surface area contributed by atoms with Crippen LogP contribution < -0.4 is 4.74 Å². The SMILES string of the molecule is C=C(C)O[C@]1(c2ccccc2)OC2C[C@H](OC(=O)/C=C/C=C/c3ccccc3)[C@@H](C)[C@@]3(O1)C2C=C(COC(=O)Cc1ccc(O)c(OC)c1)C[C@]1(O)C(=O)C(C)=CC31. The Labute approximate surface area is 337 Å². The van der Waals surface area contributed by atoms with Crippen LogP contribution in [-0.2, 0) is 50.5 Å². The summed E-state index contributed by atoms with van der Waals surface area (Å²) >= 11 is 0. The Balaban J connectivity index is 1.26. The molecule has 11 nitrogen and oxygen atoms in total. The van der Waals surface area contributed by atoms with E-state index in [-0.39, 0.29) is 37.4 Å². The number of fused-ring (bicyclic) bond motifs is 1. The third kappa shape index (κ3) is 7.65. The molecular weight excluding hydrogens is 741 g/mol. The minimum atomic E-state index is -2.03. The van der Waals surface area contributed by atoms with Crippen molar-refractivity contribution in [2.75, 3.05) is 13.7 Å². The minimum Gasteiger partial charge on any atom is -0.504 e. The number of esters is 2. The number of benzene rings is 3. The van der Waals surface area contributed by atoms with Gasteiger partial charge in [0.05, 0.1) is 36.6 Å². The summed E-state index contributed by atoms with van der Waals surface area (Å²) in [5, 5.41) is 22.8. The molecule has 3 aromatic carbocycles. The van der Waals surface area contributed by atoms with E-state index in [1.54, 1.807) is 56.3 Å². The first-order valence-corrected chi connectivity index (χ1v) is 19.3. The first-order valence-electron chi connectivity index (χ1n) is 19.3. The fourth-order valence-electron chi connectivity index (χ4n) is 8.92. The highest BCUT2D eigenvalue weighted by Gasteiger charge is 2.73. The van der Waals surface area contributed by atoms with E-state index in [9.17, 15) is 24.6 Å². The predicted molar refractivity (Wildman–Crippen MR) is 214 cm³/mol. The summed E-state index contributed by atoms with van der Waals surface area (Å²) in [5.74, 6) is -5.30. The molecule has 1 heterocycles. The normalized spacial score (nSPS) is 30.1. The van der Waals surface area contributed by atoms with E-state index in [0.717, 1.165) is 5.56 Å². The van der Waals surface area contributed by atoms with Crippen molar-refractivity contribution in [1.82, 2.24) is 0 Å². The zero-order valence-corrected chi connectivity index (χ0v) is 33.0. The van der Waals surface area contributed by atoms with Crippen molar-refractivity contribution in [2.45, 2.75) is 69.4 Å². The van der Waals surface area contributed by atoms with Gasteiger partial charge in [0.15, 0.2) is 17.3 Å². The number of methoxy groups -OCH3 is 1. The van der Waals surface area contributed by atoms with Gasteiger partial charge in [-0.25, -0.2) is 4.79 Å². The molecule has 8 atom stereocenters. The van der Waals surface area contributed by atoms with Crippen molar-refractivity contribution in [3.63, 3.8) is 0 Å². The number of ketones is 1. The molecule has 3 unspecified atom stereocenters. The van der Waals surface area contributed by atoms with Crippen LogP contribution in [-0.4, -0.2) is 65.1 Å². The average molecular weight is 789 g/mol. The first kappa shape index (κ1) is 40.4. The fraction of sp³-hybridized carbons (Fsp3) is 0.340. The van der Waals surface area contributed by atoms with Crippen LogP contribution in [0.3, 0.4) is 0 Å². The maximum absolute atomic E-state index is 14.2. The number of rotatable bonds is 12. The molecule has 3 aliphatic carbocycles. The smallest absolute Gasteiger partial charge is 0.356 e. The van der Waals surface area contributed by atoms with Crippen LogP contribution in [0.4, 0.5) is 0 Å². The lowest BCUT2D eigenvalue weighted by Crippen LogP contribution is -2.72. The van der Waals surface area contributed by atoms with E-state index < -0.39 is 64.9 Å². The van der Waals surface area contributed by atoms with E-state index in [0.29, 0.717) is 28.0 Å². The predicted octanol–water partition coefficient (Wildman–Crippen LogP) is 7.05. The summed E-state index contributed by atoms with van der Waals surface area (Å²) in [6, 6.07) is 23.4. The van der Waals surface area contributed by atoms with E-state index in [4.69, 9.17) is 28.4 Å². The molecule has 58 heavy (non-hydrogen) atoms. The van der Waals surface area contributed by atoms with Gasteiger partial charge < -0.3 is 38.6 Å². The summed E-state index contributed by atoms with van der Waals surface area (Å²) in [6.45, 7) is 8.99. The lowest BCUT2D eigenvalue weighted by atomic mass is 9.58. The van der Waals surface area contributed by atoms with Crippen molar-refractivity contribution in [2.24, 2.45) is 17.8 Å². The van der Waals surface area contributed by atoms with Crippen molar-refractivity contribution >= 4 is 23.8 Å². The van der Waals surface area contributed by atoms with Crippen LogP contribution in [0.2, 0.25) is 0 Å². The summed E-state index contributed by atoms with van der Waals surface area (Å²) in [7, 11) is 1.42. The molecule has 1 aliphatic heterocycles. The Bertz CT molecular complexity index is 2190. The second-order valence-corrected chi connectivity index (χ2v) is 15.4. The monoisotopic (exact) mass is 788 g/mol. The zero-order chi connectivity index (χ0) is 41.2. The Kier molecular flexibility index (Phi) is 11.3. The number of aliphatic hydroxyl groups is 1. The molecule has 1 saturated heterocycles. The van der Waals surface area contributed by atoms with Crippen molar-refractivity contribution in [3.05, 3.63) is 149 Å². The highest BCUT2D eigenvalue weighted by atomic mass is 16.9. The van der Waals surface area contributed by atoms with Gasteiger partial charge in [0.1, 0.15) is 18.3 Å². The number of allylic oxidation sites excluding steroid dienone is 3. The number of phenolic OH excluding ortho intramolecular Hbond substituents is 1. The van der Waals surface area contributed by atoms with Gasteiger partial charge in [-0.3, -0.25) is 9.59 Å². The topological polar surface area (TPSA) is 147 Å². The summed E-state index contributed by atoms with van der Waals surface area (Å²) in [6.07, 6.45) is 8.60. The lowest BCUT2D eigenvalue weighted by molar-refractivity contribution is -0.491. The second-order valence-electron chi connectivity index (χ2n) is 15.4. The molecular formula is C47H48O11. The van der Waals surface area contributed by atoms with Gasteiger partial charge in [-0.15, -0.1) is 0 Å². The van der Waals surface area contributed by atoms with Gasteiger partial charge in [-0.05, 0) is 60.4 Å². The molecule has 2 fully saturated rings. The molecule has 0 radical (unpaired) electrons. The number of phenols is 1. The molecule has 0 aromatic heterocycles. The average Bonchev–Trinajstić information content (AvgIpc) is 3.35. The van der Waals surface area contributed by atoms with Crippen molar-refractivity contribution < 1.29 is 53.0 Å². The maximum atomic E-state index is 14.2. The molecule has 0 amide bonds. The molecule has 7 rings (SSSR count). The third-order valence-corrected chi connectivity index (χ3v) is 11.5. The highest BCUT2D eigenvalue weighted by Crippen LogP contribution is 2.63. The van der Waals surface area contributed by atoms with Crippen molar-refractivity contribution in [1.29, 1.82) is 0 Å². The largest absolute Gasteiger partial charge is 0.504 e. The standard InChI is InChI=1S/C47H48O11/c1-29(2)56-47(35-17-10-7-11-18-35)57-39-26-38(55-42(49)19-13-12-16-32-14-8-6-9-15-32)31(4)46(58-47)36(39)23-34(27-45(52)41(46)22-30(3)44(45)51)28-54-43(50)25-33-20-21-37(48)40(24-33)53-5/h6-24,31,36,38-39,41,48,52H,1,25-28H2,2-5H3/b16-12+,19-13+/t31-,36?,38+,39?,41?,45-,46-,47-/m1/s1. The van der Waals surface area contributed by atoms with Gasteiger partial charge in [0.2, 0.25) is 0 Å². The van der Waals surface area contributed by atoms with Crippen LogP contribution in [0.5, 0.6) is 11.5 Å². The molecule has 11 heteroatoms. The number of Topliss-reactive ketones (excluding diaryl/α,β-unsaturated/α-hetero) is 1. The van der Waals surface area contributed by atoms with Gasteiger partial charge in [-0.2, -0.15) is 0 Å². The number of hydrogen-bond donors (Lipinski definition) is 2. The number of carbonyl (C=O) groups is 3. The number of ether oxygens (including phenoxy) is 6. The summed E-state index contributed by atoms with van der Waals surface area (Å²) in [4.78, 5) is 40.8. The van der Waals surface area contributed by atoms with Gasteiger partial charge in [0.25, 0.3) is 0 Å². The molecule has 2 N–H and O–H groups in total. The van der Waals surface area contributed by atoms with Gasteiger partial charge >= 0.3 is 17.9 Å². The van der Waals surface area contributed by atoms with Crippen LogP contribution >= 0.6 is 0 Å². The molecule has 0 spiro atoms. The minimum absolute atomic E-state index is 0.0591. The number of carbonyl (C=O) groups excluding carboxylic acids is 3. The van der Waals surface area contributed by atoms with Crippen LogP contribution in [0, 0.1) is 17.8 Å². The van der Waals surface area contributed by atoms with Gasteiger partial charge in [-0.1, -0.05) is 98.5 Å². The quantitative estimate of drug-likeness (QED) is 0.0640. The molecule has 3 aromatic rings. The number of aromatic hydroxyl groups is 1. The van der Waals surface area contributed by atoms with Crippen LogP contribution in [0.25, 0.3) is 6.08 Å². The molecule has 4 aliphatic rings. The van der Waals surface area contributed by atoms with E-state index >= 15 is 0 Å². The van der Waals surface area contributed by atoms with Crippen molar-refractivity contribution in [3.8, 4) is 11.5 Å². The zero-order valence-electron chi connectivity index (χ0n) is 33.0. The Morgan fingerprint density at radius 3 is 2.45 bits per heavy atom. The maximum Gasteiger partial charge on any atom is 0.356 e. The second kappa shape index (κ2) is 16.2. The Morgan fingerprint density at radius 2 is 1.74 bits per heavy atom. The third-order valence-electron chi connectivity index (χ3n) is 11.5. The highest BCUT2D eigenvalue weighted by molar-refractivity contribution is 6.05. The summed E-state index contributed by atoms with van der Waals surface area (Å²) < 4.78 is 37.7. The fourth-order valence-corrected chi connectivity index (χ4v) is 8.92. The summed E-state index contributed by atoms with van der Waals surface area (Å²) in [5.41, 5.74) is -0.609. The lowest BCUT2D eigenvalue weighted by Gasteiger charge is -2.62. The van der Waals surface area contributed by atoms with Crippen LogP contribution in [0.1, 0.15) is 50.3 Å². The molecule has 302 valence electrons. The first-order chi connectivity index (χ1) is 27.8.